The first-order chi connectivity index (χ1) is 16.4. The Labute approximate surface area is 199 Å². The van der Waals surface area contributed by atoms with Crippen LogP contribution in [0.5, 0.6) is 5.75 Å². The van der Waals surface area contributed by atoms with Crippen molar-refractivity contribution >= 4 is 39.1 Å². The molecule has 0 bridgehead atoms. The van der Waals surface area contributed by atoms with Crippen molar-refractivity contribution in [2.24, 2.45) is 0 Å². The van der Waals surface area contributed by atoms with E-state index in [0.29, 0.717) is 32.1 Å². The van der Waals surface area contributed by atoms with Gasteiger partial charge in [0.1, 0.15) is 28.1 Å². The van der Waals surface area contributed by atoms with Gasteiger partial charge in [0.25, 0.3) is 5.56 Å². The van der Waals surface area contributed by atoms with Gasteiger partial charge in [-0.2, -0.15) is 0 Å². The zero-order valence-electron chi connectivity index (χ0n) is 18.9. The summed E-state index contributed by atoms with van der Waals surface area (Å²) in [5.41, 5.74) is 1.45. The number of amides is 1. The van der Waals surface area contributed by atoms with Crippen LogP contribution >= 0.6 is 11.3 Å². The SMILES string of the molecule is COc1ccccc1NC(=O)C(C)n1cnc2sc(C(=O)OCc3ccccc3)c(C)c2c1=O. The van der Waals surface area contributed by atoms with Crippen LogP contribution in [0.4, 0.5) is 5.69 Å². The van der Waals surface area contributed by atoms with E-state index < -0.39 is 23.5 Å². The van der Waals surface area contributed by atoms with E-state index in [0.717, 1.165) is 16.9 Å². The van der Waals surface area contributed by atoms with Gasteiger partial charge in [-0.3, -0.25) is 14.2 Å². The van der Waals surface area contributed by atoms with Crippen molar-refractivity contribution in [2.75, 3.05) is 12.4 Å². The summed E-state index contributed by atoms with van der Waals surface area (Å²) in [6, 6.07) is 15.5. The molecule has 174 valence electrons. The van der Waals surface area contributed by atoms with E-state index in [1.807, 2.05) is 30.3 Å². The van der Waals surface area contributed by atoms with Gasteiger partial charge >= 0.3 is 5.97 Å². The van der Waals surface area contributed by atoms with Crippen molar-refractivity contribution < 1.29 is 19.1 Å². The number of ether oxygens (including phenoxy) is 2. The molecule has 0 radical (unpaired) electrons. The number of fused-ring (bicyclic) bond motifs is 1. The van der Waals surface area contributed by atoms with Crippen LogP contribution < -0.4 is 15.6 Å². The minimum Gasteiger partial charge on any atom is -0.495 e. The monoisotopic (exact) mass is 477 g/mol. The molecule has 34 heavy (non-hydrogen) atoms. The lowest BCUT2D eigenvalue weighted by Crippen LogP contribution is -2.31. The maximum Gasteiger partial charge on any atom is 0.349 e. The number of thiophene rings is 1. The molecule has 1 N–H and O–H groups in total. The Hall–Kier alpha value is -3.98. The third kappa shape index (κ3) is 4.55. The van der Waals surface area contributed by atoms with Gasteiger partial charge in [0.05, 0.1) is 24.5 Å². The maximum atomic E-state index is 13.3. The largest absolute Gasteiger partial charge is 0.495 e. The molecule has 2 aromatic carbocycles. The predicted molar refractivity (Wildman–Crippen MR) is 131 cm³/mol. The number of esters is 1. The van der Waals surface area contributed by atoms with Gasteiger partial charge in [0.2, 0.25) is 5.91 Å². The Balaban J connectivity index is 1.58. The van der Waals surface area contributed by atoms with E-state index in [1.54, 1.807) is 38.1 Å². The molecule has 0 aliphatic heterocycles. The van der Waals surface area contributed by atoms with Crippen LogP contribution in [-0.2, 0) is 16.1 Å². The van der Waals surface area contributed by atoms with Gasteiger partial charge < -0.3 is 14.8 Å². The third-order valence-electron chi connectivity index (χ3n) is 5.44. The smallest absolute Gasteiger partial charge is 0.349 e. The van der Waals surface area contributed by atoms with E-state index in [9.17, 15) is 14.4 Å². The van der Waals surface area contributed by atoms with Gasteiger partial charge in [-0.1, -0.05) is 42.5 Å². The van der Waals surface area contributed by atoms with Gasteiger partial charge in [0.15, 0.2) is 0 Å². The lowest BCUT2D eigenvalue weighted by Gasteiger charge is -2.16. The summed E-state index contributed by atoms with van der Waals surface area (Å²) in [6.45, 7) is 3.42. The number of anilines is 1. The molecule has 4 aromatic rings. The number of carbonyl (C=O) groups excluding carboxylic acids is 2. The summed E-state index contributed by atoms with van der Waals surface area (Å²) in [6.07, 6.45) is 1.33. The average molecular weight is 478 g/mol. The number of para-hydroxylation sites is 2. The fourth-order valence-corrected chi connectivity index (χ4v) is 4.54. The first kappa shape index (κ1) is 23.2. The minimum absolute atomic E-state index is 0.130. The molecule has 1 unspecified atom stereocenters. The van der Waals surface area contributed by atoms with Crippen LogP contribution in [0.25, 0.3) is 10.2 Å². The highest BCUT2D eigenvalue weighted by molar-refractivity contribution is 7.20. The number of hydrogen-bond donors (Lipinski definition) is 1. The van der Waals surface area contributed by atoms with Crippen LogP contribution in [-0.4, -0.2) is 28.5 Å². The van der Waals surface area contributed by atoms with E-state index in [1.165, 1.54) is 18.0 Å². The Bertz CT molecular complexity index is 1410. The third-order valence-corrected chi connectivity index (χ3v) is 6.62. The number of nitrogens with one attached hydrogen (secondary N) is 1. The van der Waals surface area contributed by atoms with E-state index in [2.05, 4.69) is 10.3 Å². The minimum atomic E-state index is -0.845. The summed E-state index contributed by atoms with van der Waals surface area (Å²) in [5.74, 6) is -0.406. The number of aryl methyl sites for hydroxylation is 1. The van der Waals surface area contributed by atoms with Crippen molar-refractivity contribution in [3.63, 3.8) is 0 Å². The molecule has 0 aliphatic rings. The zero-order valence-corrected chi connectivity index (χ0v) is 19.7. The standard InChI is InChI=1S/C25H23N3O5S/c1-15-20-23(34-21(15)25(31)33-13-17-9-5-4-6-10-17)26-14-28(24(20)30)16(2)22(29)27-18-11-7-8-12-19(18)32-3/h4-12,14,16H,13H2,1-3H3,(H,27,29). The molecule has 8 nitrogen and oxygen atoms in total. The lowest BCUT2D eigenvalue weighted by molar-refractivity contribution is -0.118. The number of rotatable bonds is 7. The molecule has 9 heteroatoms. The van der Waals surface area contributed by atoms with Crippen molar-refractivity contribution in [1.82, 2.24) is 9.55 Å². The van der Waals surface area contributed by atoms with Gasteiger partial charge in [-0.25, -0.2) is 9.78 Å². The average Bonchev–Trinajstić information content (AvgIpc) is 3.20. The fraction of sp³-hybridized carbons (Fsp3) is 0.200. The number of aromatic nitrogens is 2. The number of methoxy groups -OCH3 is 1. The maximum absolute atomic E-state index is 13.3. The zero-order chi connectivity index (χ0) is 24.2. The predicted octanol–water partition coefficient (Wildman–Crippen LogP) is 4.33. The van der Waals surface area contributed by atoms with Crippen LogP contribution in [0.1, 0.15) is 33.8 Å². The second kappa shape index (κ2) is 9.88. The van der Waals surface area contributed by atoms with Crippen molar-refractivity contribution in [2.45, 2.75) is 26.5 Å². The molecular weight excluding hydrogens is 454 g/mol. The van der Waals surface area contributed by atoms with Gasteiger partial charge in [-0.15, -0.1) is 11.3 Å². The van der Waals surface area contributed by atoms with Crippen molar-refractivity contribution in [3.8, 4) is 5.75 Å². The topological polar surface area (TPSA) is 99.5 Å². The molecule has 4 rings (SSSR count). The van der Waals surface area contributed by atoms with Crippen LogP contribution in [0.3, 0.4) is 0 Å². The molecule has 1 atom stereocenters. The van der Waals surface area contributed by atoms with Crippen LogP contribution in [0, 0.1) is 6.92 Å². The van der Waals surface area contributed by atoms with Crippen molar-refractivity contribution in [3.05, 3.63) is 87.3 Å². The summed E-state index contributed by atoms with van der Waals surface area (Å²) in [7, 11) is 1.51. The quantitative estimate of drug-likeness (QED) is 0.398. The highest BCUT2D eigenvalue weighted by atomic mass is 32.1. The molecule has 0 spiro atoms. The Morgan fingerprint density at radius 2 is 1.82 bits per heavy atom. The molecule has 2 heterocycles. The lowest BCUT2D eigenvalue weighted by atomic mass is 10.2. The summed E-state index contributed by atoms with van der Waals surface area (Å²) in [5, 5.41) is 3.08. The molecule has 1 amide bonds. The summed E-state index contributed by atoms with van der Waals surface area (Å²) in [4.78, 5) is 43.9. The van der Waals surface area contributed by atoms with Crippen molar-refractivity contribution in [1.29, 1.82) is 0 Å². The van der Waals surface area contributed by atoms with Gasteiger partial charge in [-0.05, 0) is 37.1 Å². The van der Waals surface area contributed by atoms with Crippen LogP contribution in [0.2, 0.25) is 0 Å². The second-order valence-electron chi connectivity index (χ2n) is 7.62. The normalized spacial score (nSPS) is 11.7. The first-order valence-corrected chi connectivity index (χ1v) is 11.4. The summed E-state index contributed by atoms with van der Waals surface area (Å²) < 4.78 is 11.9. The number of nitrogens with zero attached hydrogens (tertiary/aromatic N) is 2. The number of carbonyl (C=O) groups is 2. The Morgan fingerprint density at radius 3 is 2.56 bits per heavy atom. The number of hydrogen-bond acceptors (Lipinski definition) is 7. The van der Waals surface area contributed by atoms with Crippen LogP contribution in [0.15, 0.2) is 65.7 Å². The molecule has 0 saturated carbocycles. The highest BCUT2D eigenvalue weighted by Crippen LogP contribution is 2.28. The van der Waals surface area contributed by atoms with E-state index in [-0.39, 0.29) is 6.61 Å². The molecular formula is C25H23N3O5S. The fourth-order valence-electron chi connectivity index (χ4n) is 3.51. The summed E-state index contributed by atoms with van der Waals surface area (Å²) >= 11 is 1.10. The molecule has 0 fully saturated rings. The highest BCUT2D eigenvalue weighted by Gasteiger charge is 2.24. The second-order valence-corrected chi connectivity index (χ2v) is 8.62. The van der Waals surface area contributed by atoms with Gasteiger partial charge in [0, 0.05) is 0 Å². The Morgan fingerprint density at radius 1 is 1.12 bits per heavy atom. The van der Waals surface area contributed by atoms with E-state index >= 15 is 0 Å². The molecule has 0 saturated heterocycles. The molecule has 2 aromatic heterocycles. The molecule has 0 aliphatic carbocycles. The van der Waals surface area contributed by atoms with E-state index in [4.69, 9.17) is 9.47 Å². The number of benzene rings is 2. The Kier molecular flexibility index (Phi) is 6.74. The first-order valence-electron chi connectivity index (χ1n) is 10.6.